The number of methoxy groups -OCH3 is 1. The number of rotatable bonds is 9. The van der Waals surface area contributed by atoms with E-state index in [2.05, 4.69) is 15.6 Å². The molecule has 8 heteroatoms. The number of thiophene rings is 1. The standard InChI is InChI=1S/C25H25N3O4S/c1-32-18-10-8-16(9-11-18)22(29)15-27-24(30)21(28-25(31)23-7-4-12-33-23)13-17-14-26-20-6-3-2-5-19(17)20/h2-12,14,21-22,26,29H,13,15H2,1H3,(H,27,30)(H,28,31). The molecule has 0 radical (unpaired) electrons. The third kappa shape index (κ3) is 5.42. The van der Waals surface area contributed by atoms with Crippen LogP contribution < -0.4 is 15.4 Å². The van der Waals surface area contributed by atoms with Crippen LogP contribution in [0.3, 0.4) is 0 Å². The Kier molecular flexibility index (Phi) is 7.07. The molecule has 33 heavy (non-hydrogen) atoms. The predicted molar refractivity (Wildman–Crippen MR) is 129 cm³/mol. The van der Waals surface area contributed by atoms with Gasteiger partial charge in [-0.25, -0.2) is 0 Å². The van der Waals surface area contributed by atoms with Crippen molar-refractivity contribution in [3.8, 4) is 5.75 Å². The molecule has 2 atom stereocenters. The monoisotopic (exact) mass is 463 g/mol. The number of amides is 2. The second-order valence-corrected chi connectivity index (χ2v) is 8.55. The molecule has 0 saturated carbocycles. The molecule has 2 heterocycles. The molecule has 2 unspecified atom stereocenters. The lowest BCUT2D eigenvalue weighted by molar-refractivity contribution is -0.123. The van der Waals surface area contributed by atoms with E-state index in [4.69, 9.17) is 4.74 Å². The maximum atomic E-state index is 13.1. The lowest BCUT2D eigenvalue weighted by Crippen LogP contribution is -2.48. The minimum Gasteiger partial charge on any atom is -0.497 e. The zero-order valence-corrected chi connectivity index (χ0v) is 18.9. The van der Waals surface area contributed by atoms with Gasteiger partial charge in [0.25, 0.3) is 5.91 Å². The van der Waals surface area contributed by atoms with Crippen LogP contribution in [0.1, 0.15) is 26.9 Å². The highest BCUT2D eigenvalue weighted by molar-refractivity contribution is 7.12. The maximum Gasteiger partial charge on any atom is 0.262 e. The molecule has 0 aliphatic heterocycles. The molecule has 4 aromatic rings. The van der Waals surface area contributed by atoms with Crippen LogP contribution in [-0.2, 0) is 11.2 Å². The van der Waals surface area contributed by atoms with E-state index in [0.717, 1.165) is 16.5 Å². The van der Waals surface area contributed by atoms with E-state index in [9.17, 15) is 14.7 Å². The number of aromatic amines is 1. The second-order valence-electron chi connectivity index (χ2n) is 7.60. The summed E-state index contributed by atoms with van der Waals surface area (Å²) in [6.07, 6.45) is 1.28. The van der Waals surface area contributed by atoms with Crippen LogP contribution in [0.25, 0.3) is 10.9 Å². The maximum absolute atomic E-state index is 13.1. The first-order chi connectivity index (χ1) is 16.0. The molecule has 2 aromatic carbocycles. The number of aliphatic hydroxyl groups excluding tert-OH is 1. The SMILES string of the molecule is COc1ccc(C(O)CNC(=O)C(Cc2c[nH]c3ccccc23)NC(=O)c2cccs2)cc1. The van der Waals surface area contributed by atoms with Gasteiger partial charge in [0.2, 0.25) is 5.91 Å². The minimum absolute atomic E-state index is 0.0183. The van der Waals surface area contributed by atoms with Gasteiger partial charge in [-0.2, -0.15) is 0 Å². The van der Waals surface area contributed by atoms with Crippen molar-refractivity contribution in [1.82, 2.24) is 15.6 Å². The Balaban J connectivity index is 1.47. The summed E-state index contributed by atoms with van der Waals surface area (Å²) in [5.74, 6) is 0.0171. The van der Waals surface area contributed by atoms with Crippen LogP contribution in [0.15, 0.2) is 72.2 Å². The van der Waals surface area contributed by atoms with Gasteiger partial charge in [-0.3, -0.25) is 9.59 Å². The van der Waals surface area contributed by atoms with Gasteiger partial charge in [-0.05, 0) is 40.8 Å². The number of aromatic nitrogens is 1. The summed E-state index contributed by atoms with van der Waals surface area (Å²) in [5.41, 5.74) is 2.55. The quantitative estimate of drug-likeness (QED) is 0.305. The molecule has 7 nitrogen and oxygen atoms in total. The predicted octanol–water partition coefficient (Wildman–Crippen LogP) is 3.43. The molecule has 0 aliphatic carbocycles. The van der Waals surface area contributed by atoms with E-state index in [1.54, 1.807) is 43.5 Å². The fraction of sp³-hybridized carbons (Fsp3) is 0.200. The molecule has 0 aliphatic rings. The van der Waals surface area contributed by atoms with Gasteiger partial charge in [0, 0.05) is 30.1 Å². The zero-order valence-electron chi connectivity index (χ0n) is 18.1. The third-order valence-corrected chi connectivity index (χ3v) is 6.30. The van der Waals surface area contributed by atoms with Crippen molar-refractivity contribution < 1.29 is 19.4 Å². The van der Waals surface area contributed by atoms with Crippen molar-refractivity contribution in [3.63, 3.8) is 0 Å². The lowest BCUT2D eigenvalue weighted by Gasteiger charge is -2.20. The van der Waals surface area contributed by atoms with Gasteiger partial charge < -0.3 is 25.5 Å². The van der Waals surface area contributed by atoms with Gasteiger partial charge in [0.15, 0.2) is 0 Å². The van der Waals surface area contributed by atoms with Crippen LogP contribution in [0, 0.1) is 0 Å². The number of nitrogens with one attached hydrogen (secondary N) is 3. The Morgan fingerprint density at radius 3 is 2.61 bits per heavy atom. The average molecular weight is 464 g/mol. The van der Waals surface area contributed by atoms with E-state index in [0.29, 0.717) is 22.6 Å². The molecule has 0 bridgehead atoms. The molecule has 2 aromatic heterocycles. The lowest BCUT2D eigenvalue weighted by atomic mass is 10.0. The van der Waals surface area contributed by atoms with Crippen molar-refractivity contribution in [3.05, 3.63) is 88.2 Å². The normalized spacial score (nSPS) is 12.8. The molecular formula is C25H25N3O4S. The summed E-state index contributed by atoms with van der Waals surface area (Å²) in [7, 11) is 1.57. The highest BCUT2D eigenvalue weighted by Gasteiger charge is 2.24. The average Bonchev–Trinajstić information content (AvgIpc) is 3.53. The van der Waals surface area contributed by atoms with Crippen molar-refractivity contribution in [2.75, 3.05) is 13.7 Å². The van der Waals surface area contributed by atoms with Crippen LogP contribution in [0.4, 0.5) is 0 Å². The number of carbonyl (C=O) groups excluding carboxylic acids is 2. The molecule has 4 rings (SSSR count). The van der Waals surface area contributed by atoms with Crippen molar-refractivity contribution >= 4 is 34.1 Å². The Bertz CT molecular complexity index is 1220. The number of H-pyrrole nitrogens is 1. The first-order valence-electron chi connectivity index (χ1n) is 10.5. The summed E-state index contributed by atoms with van der Waals surface area (Å²) >= 11 is 1.31. The number of benzene rings is 2. The summed E-state index contributed by atoms with van der Waals surface area (Å²) in [5, 5.41) is 18.9. The van der Waals surface area contributed by atoms with E-state index < -0.39 is 12.1 Å². The van der Waals surface area contributed by atoms with Gasteiger partial charge in [-0.1, -0.05) is 36.4 Å². The zero-order chi connectivity index (χ0) is 23.2. The number of carbonyl (C=O) groups is 2. The smallest absolute Gasteiger partial charge is 0.262 e. The van der Waals surface area contributed by atoms with Crippen LogP contribution in [0.2, 0.25) is 0 Å². The van der Waals surface area contributed by atoms with E-state index in [-0.39, 0.29) is 18.4 Å². The van der Waals surface area contributed by atoms with E-state index in [1.807, 2.05) is 35.8 Å². The molecular weight excluding hydrogens is 438 g/mol. The fourth-order valence-corrected chi connectivity index (χ4v) is 4.26. The molecule has 2 amide bonds. The highest BCUT2D eigenvalue weighted by atomic mass is 32.1. The van der Waals surface area contributed by atoms with Crippen LogP contribution in [-0.4, -0.2) is 41.6 Å². The Morgan fingerprint density at radius 1 is 1.09 bits per heavy atom. The van der Waals surface area contributed by atoms with Crippen molar-refractivity contribution in [2.24, 2.45) is 0 Å². The van der Waals surface area contributed by atoms with Gasteiger partial charge in [0.05, 0.1) is 18.1 Å². The number of hydrogen-bond acceptors (Lipinski definition) is 5. The summed E-state index contributed by atoms with van der Waals surface area (Å²) in [4.78, 5) is 29.5. The van der Waals surface area contributed by atoms with Crippen LogP contribution >= 0.6 is 11.3 Å². The van der Waals surface area contributed by atoms with Crippen molar-refractivity contribution in [1.29, 1.82) is 0 Å². The molecule has 4 N–H and O–H groups in total. The molecule has 0 fully saturated rings. The van der Waals surface area contributed by atoms with Crippen molar-refractivity contribution in [2.45, 2.75) is 18.6 Å². The Hall–Kier alpha value is -3.62. The van der Waals surface area contributed by atoms with Gasteiger partial charge in [-0.15, -0.1) is 11.3 Å². The number of aliphatic hydroxyl groups is 1. The first kappa shape index (κ1) is 22.6. The minimum atomic E-state index is -0.887. The molecule has 170 valence electrons. The number of para-hydroxylation sites is 1. The summed E-state index contributed by atoms with van der Waals surface area (Å²) in [6.45, 7) is 0.0183. The molecule has 0 saturated heterocycles. The Morgan fingerprint density at radius 2 is 1.88 bits per heavy atom. The first-order valence-corrected chi connectivity index (χ1v) is 11.4. The molecule has 0 spiro atoms. The Labute approximate surface area is 195 Å². The van der Waals surface area contributed by atoms with E-state index in [1.165, 1.54) is 11.3 Å². The van der Waals surface area contributed by atoms with Gasteiger partial charge in [0.1, 0.15) is 11.8 Å². The summed E-state index contributed by atoms with van der Waals surface area (Å²) in [6, 6.07) is 17.5. The third-order valence-electron chi connectivity index (χ3n) is 5.44. The number of ether oxygens (including phenoxy) is 1. The largest absolute Gasteiger partial charge is 0.497 e. The number of fused-ring (bicyclic) bond motifs is 1. The summed E-state index contributed by atoms with van der Waals surface area (Å²) < 4.78 is 5.13. The van der Waals surface area contributed by atoms with E-state index >= 15 is 0 Å². The fourth-order valence-electron chi connectivity index (χ4n) is 3.63. The number of hydrogen-bond donors (Lipinski definition) is 4. The second kappa shape index (κ2) is 10.3. The topological polar surface area (TPSA) is 103 Å². The highest BCUT2D eigenvalue weighted by Crippen LogP contribution is 2.20. The van der Waals surface area contributed by atoms with Gasteiger partial charge >= 0.3 is 0 Å². The van der Waals surface area contributed by atoms with Crippen LogP contribution in [0.5, 0.6) is 5.75 Å².